The minimum atomic E-state index is -0.408. The standard InChI is InChI=1S/C21H18FN5O/c22-17-9-5-4-8-15(17)19-24-20-16-13-26(12-14-6-2-1-3-7-14)11-10-18(16)23-21(28)27(20)25-19/h1-9H,10-13H2,(H,23,28). The Hall–Kier alpha value is -3.32. The Morgan fingerprint density at radius 3 is 2.68 bits per heavy atom. The summed E-state index contributed by atoms with van der Waals surface area (Å²) in [5, 5.41) is 4.26. The van der Waals surface area contributed by atoms with Gasteiger partial charge in [-0.1, -0.05) is 42.5 Å². The Morgan fingerprint density at radius 2 is 1.86 bits per heavy atom. The largest absolute Gasteiger partial charge is 0.348 e. The number of benzene rings is 2. The molecule has 4 aromatic rings. The Balaban J connectivity index is 1.56. The predicted octanol–water partition coefficient (Wildman–Crippen LogP) is 2.78. The zero-order valence-electron chi connectivity index (χ0n) is 15.1. The topological polar surface area (TPSA) is 66.3 Å². The summed E-state index contributed by atoms with van der Waals surface area (Å²) >= 11 is 0. The van der Waals surface area contributed by atoms with E-state index < -0.39 is 5.82 Å². The Morgan fingerprint density at radius 1 is 1.07 bits per heavy atom. The Bertz CT molecular complexity index is 1210. The van der Waals surface area contributed by atoms with E-state index in [1.165, 1.54) is 16.1 Å². The smallest absolute Gasteiger partial charge is 0.309 e. The second kappa shape index (κ2) is 6.69. The van der Waals surface area contributed by atoms with E-state index in [0.29, 0.717) is 12.2 Å². The van der Waals surface area contributed by atoms with Gasteiger partial charge in [0, 0.05) is 37.3 Å². The first-order valence-corrected chi connectivity index (χ1v) is 9.21. The van der Waals surface area contributed by atoms with Crippen molar-refractivity contribution < 1.29 is 4.39 Å². The van der Waals surface area contributed by atoms with Crippen molar-refractivity contribution in [1.82, 2.24) is 24.5 Å². The van der Waals surface area contributed by atoms with Crippen LogP contribution in [0.25, 0.3) is 17.0 Å². The van der Waals surface area contributed by atoms with E-state index >= 15 is 0 Å². The zero-order chi connectivity index (χ0) is 19.1. The predicted molar refractivity (Wildman–Crippen MR) is 103 cm³/mol. The molecule has 0 fully saturated rings. The second-order valence-corrected chi connectivity index (χ2v) is 6.98. The van der Waals surface area contributed by atoms with E-state index in [1.54, 1.807) is 18.2 Å². The number of nitrogens with zero attached hydrogens (tertiary/aromatic N) is 4. The van der Waals surface area contributed by atoms with Crippen LogP contribution in [-0.2, 0) is 19.5 Å². The van der Waals surface area contributed by atoms with Crippen molar-refractivity contribution in [1.29, 1.82) is 0 Å². The van der Waals surface area contributed by atoms with Crippen LogP contribution >= 0.6 is 0 Å². The van der Waals surface area contributed by atoms with Crippen LogP contribution in [0.2, 0.25) is 0 Å². The van der Waals surface area contributed by atoms with Crippen molar-refractivity contribution in [3.63, 3.8) is 0 Å². The van der Waals surface area contributed by atoms with Crippen molar-refractivity contribution >= 4 is 5.65 Å². The van der Waals surface area contributed by atoms with Gasteiger partial charge in [-0.2, -0.15) is 4.52 Å². The molecular formula is C21H18FN5O. The quantitative estimate of drug-likeness (QED) is 0.598. The normalized spacial score (nSPS) is 14.3. The number of nitrogens with one attached hydrogen (secondary N) is 1. The molecule has 3 heterocycles. The Kier molecular flexibility index (Phi) is 4.02. The first-order valence-electron chi connectivity index (χ1n) is 9.21. The maximum atomic E-state index is 14.2. The molecule has 5 rings (SSSR count). The van der Waals surface area contributed by atoms with Gasteiger partial charge >= 0.3 is 5.69 Å². The molecule has 0 bridgehead atoms. The monoisotopic (exact) mass is 375 g/mol. The number of hydrogen-bond donors (Lipinski definition) is 1. The van der Waals surface area contributed by atoms with Gasteiger partial charge in [0.05, 0.1) is 5.56 Å². The van der Waals surface area contributed by atoms with Gasteiger partial charge in [0.15, 0.2) is 11.5 Å². The van der Waals surface area contributed by atoms with Crippen molar-refractivity contribution in [2.45, 2.75) is 19.5 Å². The lowest BCUT2D eigenvalue weighted by molar-refractivity contribution is 0.243. The van der Waals surface area contributed by atoms with Gasteiger partial charge < -0.3 is 4.98 Å². The van der Waals surface area contributed by atoms with Crippen LogP contribution in [0.5, 0.6) is 0 Å². The molecule has 0 spiro atoms. The van der Waals surface area contributed by atoms with Gasteiger partial charge in [0.25, 0.3) is 0 Å². The van der Waals surface area contributed by atoms with Crippen LogP contribution in [0.15, 0.2) is 59.4 Å². The van der Waals surface area contributed by atoms with Crippen LogP contribution < -0.4 is 5.69 Å². The van der Waals surface area contributed by atoms with Crippen LogP contribution in [0, 0.1) is 5.82 Å². The van der Waals surface area contributed by atoms with E-state index in [4.69, 9.17) is 0 Å². The lowest BCUT2D eigenvalue weighted by Gasteiger charge is -2.28. The molecule has 0 unspecified atom stereocenters. The van der Waals surface area contributed by atoms with Crippen LogP contribution in [-0.4, -0.2) is 31.0 Å². The number of rotatable bonds is 3. The highest BCUT2D eigenvalue weighted by Gasteiger charge is 2.23. The molecule has 2 aromatic carbocycles. The molecule has 0 atom stereocenters. The summed E-state index contributed by atoms with van der Waals surface area (Å²) in [6.45, 7) is 2.32. The highest BCUT2D eigenvalue weighted by molar-refractivity contribution is 5.61. The SMILES string of the molecule is O=c1[nH]c2c(c3nc(-c4ccccc4F)nn13)CN(Cc1ccccc1)CC2. The molecule has 0 aliphatic carbocycles. The molecule has 2 aromatic heterocycles. The first-order chi connectivity index (χ1) is 13.7. The summed E-state index contributed by atoms with van der Waals surface area (Å²) in [5.74, 6) is -0.188. The van der Waals surface area contributed by atoms with Gasteiger partial charge in [-0.05, 0) is 17.7 Å². The third-order valence-corrected chi connectivity index (χ3v) is 5.12. The summed E-state index contributed by atoms with van der Waals surface area (Å²) in [4.78, 5) is 22.2. The van der Waals surface area contributed by atoms with Crippen molar-refractivity contribution in [2.75, 3.05) is 6.54 Å². The maximum absolute atomic E-state index is 14.2. The Labute approximate surface area is 160 Å². The van der Waals surface area contributed by atoms with Crippen LogP contribution in [0.3, 0.4) is 0 Å². The lowest BCUT2D eigenvalue weighted by Crippen LogP contribution is -2.34. The average Bonchev–Trinajstić information content (AvgIpc) is 3.16. The molecule has 140 valence electrons. The summed E-state index contributed by atoms with van der Waals surface area (Å²) in [6.07, 6.45) is 0.732. The summed E-state index contributed by atoms with van der Waals surface area (Å²) in [6, 6.07) is 16.6. The third-order valence-electron chi connectivity index (χ3n) is 5.12. The first kappa shape index (κ1) is 16.8. The number of halogens is 1. The lowest BCUT2D eigenvalue weighted by atomic mass is 10.1. The molecule has 7 heteroatoms. The highest BCUT2D eigenvalue weighted by atomic mass is 19.1. The number of fused-ring (bicyclic) bond motifs is 3. The van der Waals surface area contributed by atoms with Gasteiger partial charge in [-0.25, -0.2) is 14.2 Å². The third kappa shape index (κ3) is 2.90. The summed E-state index contributed by atoms with van der Waals surface area (Å²) < 4.78 is 15.4. The maximum Gasteiger partial charge on any atom is 0.348 e. The van der Waals surface area contributed by atoms with Crippen LogP contribution in [0.4, 0.5) is 4.39 Å². The summed E-state index contributed by atoms with van der Waals surface area (Å²) in [7, 11) is 0. The minimum Gasteiger partial charge on any atom is -0.309 e. The molecule has 0 amide bonds. The van der Waals surface area contributed by atoms with Gasteiger partial charge in [-0.15, -0.1) is 5.10 Å². The molecule has 0 saturated carbocycles. The zero-order valence-corrected chi connectivity index (χ0v) is 15.1. The molecular weight excluding hydrogens is 357 g/mol. The van der Waals surface area contributed by atoms with E-state index in [-0.39, 0.29) is 17.1 Å². The van der Waals surface area contributed by atoms with E-state index in [0.717, 1.165) is 30.8 Å². The van der Waals surface area contributed by atoms with Crippen molar-refractivity contribution in [2.24, 2.45) is 0 Å². The van der Waals surface area contributed by atoms with Crippen molar-refractivity contribution in [3.8, 4) is 11.4 Å². The summed E-state index contributed by atoms with van der Waals surface area (Å²) in [5.41, 5.74) is 3.50. The average molecular weight is 375 g/mol. The highest BCUT2D eigenvalue weighted by Crippen LogP contribution is 2.24. The fraction of sp³-hybridized carbons (Fsp3) is 0.190. The van der Waals surface area contributed by atoms with E-state index in [9.17, 15) is 9.18 Å². The second-order valence-electron chi connectivity index (χ2n) is 6.98. The molecule has 1 aliphatic rings. The number of H-pyrrole nitrogens is 1. The van der Waals surface area contributed by atoms with Crippen LogP contribution in [0.1, 0.15) is 16.8 Å². The van der Waals surface area contributed by atoms with Gasteiger partial charge in [0.2, 0.25) is 0 Å². The van der Waals surface area contributed by atoms with Gasteiger partial charge in [0.1, 0.15) is 5.82 Å². The van der Waals surface area contributed by atoms with Crippen molar-refractivity contribution in [3.05, 3.63) is 87.7 Å². The fourth-order valence-electron chi connectivity index (χ4n) is 3.73. The fourth-order valence-corrected chi connectivity index (χ4v) is 3.73. The molecule has 1 N–H and O–H groups in total. The van der Waals surface area contributed by atoms with E-state index in [1.807, 2.05) is 18.2 Å². The number of hydrogen-bond acceptors (Lipinski definition) is 4. The minimum absolute atomic E-state index is 0.220. The van der Waals surface area contributed by atoms with E-state index in [2.05, 4.69) is 32.1 Å². The molecule has 0 saturated heterocycles. The van der Waals surface area contributed by atoms with Gasteiger partial charge in [-0.3, -0.25) is 4.90 Å². The molecule has 0 radical (unpaired) electrons. The number of aromatic amines is 1. The molecule has 1 aliphatic heterocycles. The molecule has 6 nitrogen and oxygen atoms in total. The number of aromatic nitrogens is 4. The molecule has 28 heavy (non-hydrogen) atoms.